The number of aryl methyl sites for hydroxylation is 1. The van der Waals surface area contributed by atoms with Gasteiger partial charge in [0.15, 0.2) is 0 Å². The highest BCUT2D eigenvalue weighted by molar-refractivity contribution is 7.14. The fourth-order valence-electron chi connectivity index (χ4n) is 2.86. The number of hydrogen-bond acceptors (Lipinski definition) is 5. The van der Waals surface area contributed by atoms with Crippen molar-refractivity contribution in [2.24, 2.45) is 0 Å². The maximum Gasteiger partial charge on any atom is 0.139 e. The molecule has 4 nitrogen and oxygen atoms in total. The van der Waals surface area contributed by atoms with Gasteiger partial charge in [-0.15, -0.1) is 22.7 Å². The van der Waals surface area contributed by atoms with Crippen molar-refractivity contribution in [3.8, 4) is 10.6 Å². The zero-order valence-electron chi connectivity index (χ0n) is 13.7. The van der Waals surface area contributed by atoms with Gasteiger partial charge >= 0.3 is 0 Å². The van der Waals surface area contributed by atoms with Gasteiger partial charge in [-0.3, -0.25) is 5.41 Å². The van der Waals surface area contributed by atoms with Crippen molar-refractivity contribution in [3.63, 3.8) is 0 Å². The zero-order chi connectivity index (χ0) is 17.4. The van der Waals surface area contributed by atoms with Crippen LogP contribution in [0.15, 0.2) is 52.9 Å². The number of thiophene rings is 1. The molecule has 1 aliphatic rings. The second-order valence-electron chi connectivity index (χ2n) is 5.79. The molecule has 0 aliphatic carbocycles. The van der Waals surface area contributed by atoms with E-state index in [0.29, 0.717) is 23.0 Å². The highest BCUT2D eigenvalue weighted by atomic mass is 32.1. The third-order valence-corrected chi connectivity index (χ3v) is 6.00. The molecule has 0 saturated carbocycles. The Morgan fingerprint density at radius 1 is 1.20 bits per heavy atom. The molecule has 126 valence electrons. The molecule has 0 radical (unpaired) electrons. The van der Waals surface area contributed by atoms with Crippen molar-refractivity contribution in [1.82, 2.24) is 4.98 Å². The van der Waals surface area contributed by atoms with E-state index >= 15 is 0 Å². The third-order valence-electron chi connectivity index (χ3n) is 4.25. The van der Waals surface area contributed by atoms with Gasteiger partial charge in [-0.05, 0) is 35.6 Å². The maximum atomic E-state index is 10.5. The number of hydrogen-bond donors (Lipinski definition) is 2. The first kappa shape index (κ1) is 16.1. The summed E-state index contributed by atoms with van der Waals surface area (Å²) in [6.07, 6.45) is 0.983. The summed E-state index contributed by atoms with van der Waals surface area (Å²) in [6.45, 7) is 2.43. The van der Waals surface area contributed by atoms with Crippen LogP contribution in [0.1, 0.15) is 17.5 Å². The summed E-state index contributed by atoms with van der Waals surface area (Å²) < 4.78 is 0. The fourth-order valence-corrected chi connectivity index (χ4v) is 4.51. The van der Waals surface area contributed by atoms with Gasteiger partial charge < -0.3 is 10.0 Å². The number of rotatable bonds is 4. The topological polar surface area (TPSA) is 60.2 Å². The molecular formula is C19H17N3OS2. The average Bonchev–Trinajstić information content (AvgIpc) is 3.35. The van der Waals surface area contributed by atoms with E-state index in [1.54, 1.807) is 11.3 Å². The Kier molecular flexibility index (Phi) is 4.15. The van der Waals surface area contributed by atoms with E-state index in [2.05, 4.69) is 24.0 Å². The summed E-state index contributed by atoms with van der Waals surface area (Å²) >= 11 is 3.10. The molecule has 0 unspecified atom stereocenters. The lowest BCUT2D eigenvalue weighted by atomic mass is 10.1. The number of amidine groups is 1. The summed E-state index contributed by atoms with van der Waals surface area (Å²) in [4.78, 5) is 7.55. The number of aromatic nitrogens is 1. The van der Waals surface area contributed by atoms with E-state index in [1.165, 1.54) is 16.9 Å². The standard InChI is InChI=1S/C19H17N3OS2/c1-2-12-5-7-13(8-6-12)22-10-15(23)17(18(22)20)19-21-14(11-25-19)16-4-3-9-24-16/h3-9,11,20,23H,2,10H2,1H3. The summed E-state index contributed by atoms with van der Waals surface area (Å²) in [5.41, 5.74) is 3.60. The molecule has 4 rings (SSSR count). The summed E-state index contributed by atoms with van der Waals surface area (Å²) in [6, 6.07) is 12.2. The molecule has 2 N–H and O–H groups in total. The summed E-state index contributed by atoms with van der Waals surface area (Å²) in [5.74, 6) is 0.505. The number of anilines is 1. The predicted molar refractivity (Wildman–Crippen MR) is 106 cm³/mol. The Morgan fingerprint density at radius 2 is 2.00 bits per heavy atom. The van der Waals surface area contributed by atoms with Crippen LogP contribution in [-0.2, 0) is 6.42 Å². The second kappa shape index (κ2) is 6.46. The van der Waals surface area contributed by atoms with Crippen LogP contribution in [0.3, 0.4) is 0 Å². The normalized spacial score (nSPS) is 14.6. The molecule has 1 aromatic carbocycles. The molecule has 6 heteroatoms. The summed E-state index contributed by atoms with van der Waals surface area (Å²) in [5, 5.41) is 23.7. The van der Waals surface area contributed by atoms with Crippen LogP contribution >= 0.6 is 22.7 Å². The van der Waals surface area contributed by atoms with Gasteiger partial charge in [-0.25, -0.2) is 4.98 Å². The lowest BCUT2D eigenvalue weighted by Crippen LogP contribution is -2.25. The van der Waals surface area contributed by atoms with Crippen LogP contribution < -0.4 is 4.90 Å². The molecular weight excluding hydrogens is 350 g/mol. The van der Waals surface area contributed by atoms with Crippen LogP contribution in [0.5, 0.6) is 0 Å². The summed E-state index contributed by atoms with van der Waals surface area (Å²) in [7, 11) is 0. The quantitative estimate of drug-likeness (QED) is 0.666. The Labute approximate surface area is 154 Å². The fraction of sp³-hybridized carbons (Fsp3) is 0.158. The maximum absolute atomic E-state index is 10.5. The second-order valence-corrected chi connectivity index (χ2v) is 7.60. The third kappa shape index (κ3) is 2.88. The highest BCUT2D eigenvalue weighted by Crippen LogP contribution is 2.35. The lowest BCUT2D eigenvalue weighted by Gasteiger charge is -2.18. The lowest BCUT2D eigenvalue weighted by molar-refractivity contribution is 0.411. The molecule has 1 aliphatic heterocycles. The number of nitrogens with zero attached hydrogens (tertiary/aromatic N) is 2. The van der Waals surface area contributed by atoms with Gasteiger partial charge in [-0.1, -0.05) is 25.1 Å². The van der Waals surface area contributed by atoms with E-state index in [4.69, 9.17) is 5.41 Å². The van der Waals surface area contributed by atoms with Crippen molar-refractivity contribution >= 4 is 39.8 Å². The van der Waals surface area contributed by atoms with Crippen molar-refractivity contribution in [2.45, 2.75) is 13.3 Å². The van der Waals surface area contributed by atoms with Crippen molar-refractivity contribution in [1.29, 1.82) is 5.41 Å². The van der Waals surface area contributed by atoms with E-state index in [0.717, 1.165) is 22.7 Å². The smallest absolute Gasteiger partial charge is 0.139 e. The number of aliphatic hydroxyl groups excluding tert-OH is 1. The van der Waals surface area contributed by atoms with Gasteiger partial charge in [0.2, 0.25) is 0 Å². The first-order valence-corrected chi connectivity index (χ1v) is 9.80. The Balaban J connectivity index is 1.62. The minimum atomic E-state index is 0.205. The van der Waals surface area contributed by atoms with E-state index < -0.39 is 0 Å². The van der Waals surface area contributed by atoms with Crippen molar-refractivity contribution < 1.29 is 5.11 Å². The Hall–Kier alpha value is -2.44. The molecule has 3 aromatic rings. The molecule has 25 heavy (non-hydrogen) atoms. The molecule has 0 bridgehead atoms. The number of benzene rings is 1. The van der Waals surface area contributed by atoms with Gasteiger partial charge in [0.05, 0.1) is 22.7 Å². The Morgan fingerprint density at radius 3 is 2.68 bits per heavy atom. The van der Waals surface area contributed by atoms with Gasteiger partial charge in [0.25, 0.3) is 0 Å². The zero-order valence-corrected chi connectivity index (χ0v) is 15.3. The van der Waals surface area contributed by atoms with Gasteiger partial charge in [0, 0.05) is 11.1 Å². The molecule has 0 amide bonds. The minimum absolute atomic E-state index is 0.205. The Bertz CT molecular complexity index is 939. The van der Waals surface area contributed by atoms with Crippen LogP contribution in [0.4, 0.5) is 5.69 Å². The largest absolute Gasteiger partial charge is 0.510 e. The van der Waals surface area contributed by atoms with E-state index in [9.17, 15) is 5.11 Å². The molecule has 0 fully saturated rings. The average molecular weight is 367 g/mol. The van der Waals surface area contributed by atoms with Crippen LogP contribution in [0.25, 0.3) is 16.1 Å². The van der Waals surface area contributed by atoms with E-state index in [-0.39, 0.29) is 5.76 Å². The monoisotopic (exact) mass is 367 g/mol. The first-order chi connectivity index (χ1) is 12.2. The first-order valence-electron chi connectivity index (χ1n) is 8.04. The number of nitrogens with one attached hydrogen (secondary N) is 1. The molecule has 2 aromatic heterocycles. The van der Waals surface area contributed by atoms with Gasteiger partial charge in [-0.2, -0.15) is 0 Å². The molecule has 0 spiro atoms. The molecule has 3 heterocycles. The van der Waals surface area contributed by atoms with Crippen molar-refractivity contribution in [3.05, 3.63) is 63.5 Å². The molecule has 0 saturated heterocycles. The SMILES string of the molecule is CCc1ccc(N2CC(O)=C(c3nc(-c4cccs4)cs3)C2=N)cc1. The van der Waals surface area contributed by atoms with Gasteiger partial charge in [0.1, 0.15) is 16.6 Å². The highest BCUT2D eigenvalue weighted by Gasteiger charge is 2.31. The predicted octanol–water partition coefficient (Wildman–Crippen LogP) is 5.20. The van der Waals surface area contributed by atoms with Crippen molar-refractivity contribution in [2.75, 3.05) is 11.4 Å². The van der Waals surface area contributed by atoms with Crippen LogP contribution in [0.2, 0.25) is 0 Å². The minimum Gasteiger partial charge on any atom is -0.510 e. The van der Waals surface area contributed by atoms with E-state index in [1.807, 2.05) is 39.9 Å². The number of thiazole rings is 1. The van der Waals surface area contributed by atoms with Crippen LogP contribution in [0, 0.1) is 5.41 Å². The number of aliphatic hydroxyl groups is 1. The molecule has 0 atom stereocenters. The van der Waals surface area contributed by atoms with Crippen LogP contribution in [-0.4, -0.2) is 22.5 Å².